The molecule has 24 heavy (non-hydrogen) atoms. The number of halogens is 1. The molecule has 0 fully saturated rings. The third-order valence-electron chi connectivity index (χ3n) is 3.94. The molecule has 2 N–H and O–H groups in total. The van der Waals surface area contributed by atoms with E-state index in [1.54, 1.807) is 12.3 Å². The zero-order valence-electron chi connectivity index (χ0n) is 13.1. The summed E-state index contributed by atoms with van der Waals surface area (Å²) in [6, 6.07) is 9.53. The Morgan fingerprint density at radius 3 is 2.88 bits per heavy atom. The van der Waals surface area contributed by atoms with Gasteiger partial charge in [0.2, 0.25) is 11.8 Å². The Morgan fingerprint density at radius 1 is 1.25 bits per heavy atom. The maximum Gasteiger partial charge on any atom is 0.228 e. The minimum Gasteiger partial charge on any atom is -0.352 e. The van der Waals surface area contributed by atoms with Crippen LogP contribution < -0.4 is 10.6 Å². The van der Waals surface area contributed by atoms with Gasteiger partial charge in [-0.1, -0.05) is 29.8 Å². The molecule has 0 saturated heterocycles. The molecule has 0 aliphatic carbocycles. The van der Waals surface area contributed by atoms with Crippen LogP contribution in [0.25, 0.3) is 0 Å². The predicted octanol–water partition coefficient (Wildman–Crippen LogP) is 2.87. The van der Waals surface area contributed by atoms with Crippen LogP contribution in [0.5, 0.6) is 0 Å². The molecule has 1 aliphatic rings. The second-order valence-corrected chi connectivity index (χ2v) is 6.22. The predicted molar refractivity (Wildman–Crippen MR) is 92.8 cm³/mol. The van der Waals surface area contributed by atoms with Crippen LogP contribution in [0.15, 0.2) is 36.5 Å². The van der Waals surface area contributed by atoms with E-state index in [1.807, 2.05) is 24.3 Å². The van der Waals surface area contributed by atoms with Crippen molar-refractivity contribution in [2.75, 3.05) is 5.32 Å². The number of amides is 2. The number of hydrogen-bond acceptors (Lipinski definition) is 3. The second-order valence-electron chi connectivity index (χ2n) is 5.84. The average Bonchev–Trinajstić information content (AvgIpc) is 2.93. The number of rotatable bonds is 6. The number of carbonyl (C=O) groups is 2. The number of aryl methyl sites for hydroxylation is 1. The number of fused-ring (bicyclic) bond motifs is 1. The number of benzene rings is 1. The molecule has 0 saturated carbocycles. The van der Waals surface area contributed by atoms with Crippen molar-refractivity contribution in [2.24, 2.45) is 0 Å². The van der Waals surface area contributed by atoms with E-state index in [0.717, 1.165) is 35.2 Å². The van der Waals surface area contributed by atoms with Gasteiger partial charge < -0.3 is 10.6 Å². The summed E-state index contributed by atoms with van der Waals surface area (Å²) in [5.74, 6) is 0.0566. The van der Waals surface area contributed by atoms with E-state index in [1.165, 1.54) is 0 Å². The number of anilines is 1. The number of aromatic nitrogens is 1. The van der Waals surface area contributed by atoms with Crippen LogP contribution in [0.3, 0.4) is 0 Å². The summed E-state index contributed by atoms with van der Waals surface area (Å²) in [7, 11) is 0. The molecule has 2 heterocycles. The van der Waals surface area contributed by atoms with E-state index in [2.05, 4.69) is 15.6 Å². The van der Waals surface area contributed by atoms with Crippen molar-refractivity contribution in [1.82, 2.24) is 10.3 Å². The van der Waals surface area contributed by atoms with Crippen molar-refractivity contribution in [3.05, 3.63) is 58.4 Å². The fourth-order valence-electron chi connectivity index (χ4n) is 2.69. The molecule has 2 aromatic rings. The van der Waals surface area contributed by atoms with Gasteiger partial charge in [0.1, 0.15) is 5.15 Å². The van der Waals surface area contributed by atoms with Crippen molar-refractivity contribution in [2.45, 2.75) is 32.2 Å². The van der Waals surface area contributed by atoms with Crippen molar-refractivity contribution < 1.29 is 9.59 Å². The molecule has 0 spiro atoms. The molecule has 124 valence electrons. The number of nitrogens with zero attached hydrogens (tertiary/aromatic N) is 1. The van der Waals surface area contributed by atoms with Gasteiger partial charge in [0, 0.05) is 24.8 Å². The summed E-state index contributed by atoms with van der Waals surface area (Å²) >= 11 is 5.72. The summed E-state index contributed by atoms with van der Waals surface area (Å²) in [5.41, 5.74) is 4.01. The third kappa shape index (κ3) is 4.32. The van der Waals surface area contributed by atoms with E-state index in [9.17, 15) is 9.59 Å². The summed E-state index contributed by atoms with van der Waals surface area (Å²) in [6.45, 7) is 0.454. The van der Waals surface area contributed by atoms with E-state index >= 15 is 0 Å². The Morgan fingerprint density at radius 2 is 2.08 bits per heavy atom. The lowest BCUT2D eigenvalue weighted by atomic mass is 10.0. The summed E-state index contributed by atoms with van der Waals surface area (Å²) in [4.78, 5) is 27.2. The molecular weight excluding hydrogens is 326 g/mol. The molecular formula is C18H18ClN3O2. The van der Waals surface area contributed by atoms with E-state index in [-0.39, 0.29) is 11.8 Å². The Labute approximate surface area is 145 Å². The molecule has 3 rings (SSSR count). The zero-order valence-corrected chi connectivity index (χ0v) is 13.9. The molecule has 2 amide bonds. The minimum atomic E-state index is 0.0166. The quantitative estimate of drug-likeness (QED) is 0.792. The fraction of sp³-hybridized carbons (Fsp3) is 0.278. The molecule has 0 unspecified atom stereocenters. The van der Waals surface area contributed by atoms with Crippen LogP contribution in [0.2, 0.25) is 5.15 Å². The van der Waals surface area contributed by atoms with Gasteiger partial charge in [-0.25, -0.2) is 4.98 Å². The lowest BCUT2D eigenvalue weighted by molar-refractivity contribution is -0.121. The standard InChI is InChI=1S/C18H18ClN3O2/c19-16-7-5-13(10-20-16)11-21-17(23)3-1-2-12-4-6-15-14(8-12)9-18(24)22-15/h4-8,10H,1-3,9,11H2,(H,21,23)(H,22,24). The molecule has 0 bridgehead atoms. The Balaban J connectivity index is 1.41. The average molecular weight is 344 g/mol. The number of nitrogens with one attached hydrogen (secondary N) is 2. The summed E-state index contributed by atoms with van der Waals surface area (Å²) in [5, 5.41) is 6.13. The molecule has 0 radical (unpaired) electrons. The largest absolute Gasteiger partial charge is 0.352 e. The molecule has 0 atom stereocenters. The third-order valence-corrected chi connectivity index (χ3v) is 4.17. The minimum absolute atomic E-state index is 0.0166. The Kier molecular flexibility index (Phi) is 5.11. The first kappa shape index (κ1) is 16.5. The molecule has 1 aromatic carbocycles. The van der Waals surface area contributed by atoms with Crippen LogP contribution >= 0.6 is 11.6 Å². The maximum absolute atomic E-state index is 11.9. The lowest BCUT2D eigenvalue weighted by Crippen LogP contribution is -2.22. The van der Waals surface area contributed by atoms with Crippen LogP contribution in [0.1, 0.15) is 29.5 Å². The zero-order chi connectivity index (χ0) is 16.9. The lowest BCUT2D eigenvalue weighted by Gasteiger charge is -2.06. The highest BCUT2D eigenvalue weighted by Gasteiger charge is 2.17. The van der Waals surface area contributed by atoms with Gasteiger partial charge >= 0.3 is 0 Å². The van der Waals surface area contributed by atoms with Gasteiger partial charge in [-0.15, -0.1) is 0 Å². The van der Waals surface area contributed by atoms with Crippen molar-refractivity contribution in [1.29, 1.82) is 0 Å². The first-order valence-electron chi connectivity index (χ1n) is 7.89. The van der Waals surface area contributed by atoms with E-state index in [4.69, 9.17) is 11.6 Å². The second kappa shape index (κ2) is 7.45. The smallest absolute Gasteiger partial charge is 0.228 e. The van der Waals surface area contributed by atoms with Gasteiger partial charge in [0.15, 0.2) is 0 Å². The van der Waals surface area contributed by atoms with Crippen LogP contribution in [-0.2, 0) is 29.0 Å². The first-order valence-corrected chi connectivity index (χ1v) is 8.27. The summed E-state index contributed by atoms with van der Waals surface area (Å²) < 4.78 is 0. The van der Waals surface area contributed by atoms with E-state index < -0.39 is 0 Å². The highest BCUT2D eigenvalue weighted by Crippen LogP contribution is 2.24. The highest BCUT2D eigenvalue weighted by atomic mass is 35.5. The normalized spacial score (nSPS) is 12.6. The SMILES string of the molecule is O=C(CCCc1ccc2c(c1)CC(=O)N2)NCc1ccc(Cl)nc1. The molecule has 6 heteroatoms. The maximum atomic E-state index is 11.9. The van der Waals surface area contributed by atoms with Crippen LogP contribution in [-0.4, -0.2) is 16.8 Å². The van der Waals surface area contributed by atoms with Crippen molar-refractivity contribution in [3.63, 3.8) is 0 Å². The number of carbonyl (C=O) groups excluding carboxylic acids is 2. The Hall–Kier alpha value is -2.40. The van der Waals surface area contributed by atoms with Crippen molar-refractivity contribution >= 4 is 29.1 Å². The fourth-order valence-corrected chi connectivity index (χ4v) is 2.80. The van der Waals surface area contributed by atoms with Gasteiger partial charge in [0.25, 0.3) is 0 Å². The summed E-state index contributed by atoms with van der Waals surface area (Å²) in [6.07, 6.45) is 4.15. The van der Waals surface area contributed by atoms with Crippen LogP contribution in [0.4, 0.5) is 5.69 Å². The molecule has 5 nitrogen and oxygen atoms in total. The highest BCUT2D eigenvalue weighted by molar-refractivity contribution is 6.29. The first-order chi connectivity index (χ1) is 11.6. The van der Waals surface area contributed by atoms with Gasteiger partial charge in [0.05, 0.1) is 6.42 Å². The Bertz CT molecular complexity index is 759. The number of pyridine rings is 1. The van der Waals surface area contributed by atoms with Gasteiger partial charge in [-0.05, 0) is 41.7 Å². The topological polar surface area (TPSA) is 71.1 Å². The number of hydrogen-bond donors (Lipinski definition) is 2. The molecule has 1 aliphatic heterocycles. The van der Waals surface area contributed by atoms with Crippen molar-refractivity contribution in [3.8, 4) is 0 Å². The van der Waals surface area contributed by atoms with Gasteiger partial charge in [-0.2, -0.15) is 0 Å². The van der Waals surface area contributed by atoms with E-state index in [0.29, 0.717) is 24.5 Å². The van der Waals surface area contributed by atoms with Gasteiger partial charge in [-0.3, -0.25) is 9.59 Å². The molecule has 1 aromatic heterocycles. The van der Waals surface area contributed by atoms with Crippen LogP contribution in [0, 0.1) is 0 Å². The monoisotopic (exact) mass is 343 g/mol.